The van der Waals surface area contributed by atoms with E-state index < -0.39 is 0 Å². The fourth-order valence-electron chi connectivity index (χ4n) is 1.58. The molecule has 100 valence electrons. The monoisotopic (exact) mass is 279 g/mol. The van der Waals surface area contributed by atoms with Crippen molar-refractivity contribution in [2.45, 2.75) is 0 Å². The van der Waals surface area contributed by atoms with Gasteiger partial charge < -0.3 is 20.9 Å². The third-order valence-corrected chi connectivity index (χ3v) is 3.19. The minimum Gasteiger partial charge on any atom is -0.493 e. The lowest BCUT2D eigenvalue weighted by Gasteiger charge is -2.07. The molecule has 0 saturated carbocycles. The van der Waals surface area contributed by atoms with E-state index in [2.05, 4.69) is 9.98 Å². The molecule has 19 heavy (non-hydrogen) atoms. The average Bonchev–Trinajstić information content (AvgIpc) is 2.85. The Balaban J connectivity index is 2.36. The highest BCUT2D eigenvalue weighted by atomic mass is 32.1. The summed E-state index contributed by atoms with van der Waals surface area (Å²) in [6.07, 6.45) is 0. The molecule has 0 fully saturated rings. The number of nitrogens with zero attached hydrogens (tertiary/aromatic N) is 1. The third kappa shape index (κ3) is 2.94. The van der Waals surface area contributed by atoms with Crippen LogP contribution < -0.4 is 25.9 Å². The molecule has 0 aliphatic carbocycles. The van der Waals surface area contributed by atoms with Crippen LogP contribution in [0.3, 0.4) is 0 Å². The van der Waals surface area contributed by atoms with Crippen molar-refractivity contribution in [1.82, 2.24) is 4.98 Å². The van der Waals surface area contributed by atoms with Crippen LogP contribution in [-0.4, -0.2) is 25.2 Å². The summed E-state index contributed by atoms with van der Waals surface area (Å²) in [6.45, 7) is 0. The zero-order valence-corrected chi connectivity index (χ0v) is 11.5. The Labute approximate surface area is 114 Å². The Morgan fingerprint density at radius 3 is 2.58 bits per heavy atom. The fraction of sp³-hybridized carbons (Fsp3) is 0.167. The van der Waals surface area contributed by atoms with Crippen molar-refractivity contribution in [3.8, 4) is 22.8 Å². The SMILES string of the molecule is COc1ccc(-c2csc([NH+]=C(N)N)n2)cc1OC. The molecule has 2 aromatic rings. The molecule has 2 rings (SSSR count). The van der Waals surface area contributed by atoms with Crippen LogP contribution in [0.5, 0.6) is 11.5 Å². The number of nitrogens with two attached hydrogens (primary N) is 2. The molecule has 6 nitrogen and oxygen atoms in total. The fourth-order valence-corrected chi connectivity index (χ4v) is 2.32. The molecular weight excluding hydrogens is 264 g/mol. The summed E-state index contributed by atoms with van der Waals surface area (Å²) in [4.78, 5) is 7.15. The van der Waals surface area contributed by atoms with Crippen molar-refractivity contribution in [2.24, 2.45) is 11.5 Å². The number of ether oxygens (including phenoxy) is 2. The Hall–Kier alpha value is -2.28. The molecule has 0 unspecified atom stereocenters. The zero-order valence-electron chi connectivity index (χ0n) is 10.6. The summed E-state index contributed by atoms with van der Waals surface area (Å²) in [5.74, 6) is 1.46. The molecule has 1 aromatic heterocycles. The first kappa shape index (κ1) is 13.2. The van der Waals surface area contributed by atoms with E-state index >= 15 is 0 Å². The molecule has 0 amide bonds. The van der Waals surface area contributed by atoms with Gasteiger partial charge in [-0.3, -0.25) is 0 Å². The van der Waals surface area contributed by atoms with Crippen molar-refractivity contribution in [3.05, 3.63) is 23.6 Å². The summed E-state index contributed by atoms with van der Waals surface area (Å²) in [6, 6.07) is 5.62. The summed E-state index contributed by atoms with van der Waals surface area (Å²) >= 11 is 1.42. The van der Waals surface area contributed by atoms with Crippen LogP contribution in [0.1, 0.15) is 0 Å². The van der Waals surface area contributed by atoms with Crippen LogP contribution >= 0.6 is 11.3 Å². The van der Waals surface area contributed by atoms with E-state index in [1.807, 2.05) is 23.6 Å². The Morgan fingerprint density at radius 1 is 1.21 bits per heavy atom. The third-order valence-electron chi connectivity index (χ3n) is 2.43. The highest BCUT2D eigenvalue weighted by molar-refractivity contribution is 7.13. The molecular formula is C12H15N4O2S+. The van der Waals surface area contributed by atoms with Gasteiger partial charge in [-0.2, -0.15) is 0 Å². The second kappa shape index (κ2) is 5.57. The number of methoxy groups -OCH3 is 2. The van der Waals surface area contributed by atoms with E-state index in [4.69, 9.17) is 20.9 Å². The van der Waals surface area contributed by atoms with Gasteiger partial charge in [0.05, 0.1) is 14.2 Å². The number of rotatable bonds is 4. The molecule has 0 aliphatic rings. The number of aromatic nitrogens is 1. The minimum atomic E-state index is 0.119. The van der Waals surface area contributed by atoms with Crippen LogP contribution in [0.2, 0.25) is 0 Å². The number of hydrogen-bond donors (Lipinski definition) is 3. The highest BCUT2D eigenvalue weighted by Crippen LogP contribution is 2.32. The normalized spacial score (nSPS) is 10.0. The number of thiazole rings is 1. The standard InChI is InChI=1S/C12H14N4O2S/c1-17-9-4-3-7(5-10(9)18-2)8-6-19-12(15-8)16-11(13)14/h3-6H,1-2H3,(H4,13,14,15,16)/p+1. The number of benzene rings is 1. The molecule has 0 atom stereocenters. The van der Waals surface area contributed by atoms with Crippen LogP contribution in [0.25, 0.3) is 11.3 Å². The zero-order chi connectivity index (χ0) is 13.8. The predicted octanol–water partition coefficient (Wildman–Crippen LogP) is -0.187. The maximum Gasteiger partial charge on any atom is 0.303 e. The predicted molar refractivity (Wildman–Crippen MR) is 74.7 cm³/mol. The van der Waals surface area contributed by atoms with Gasteiger partial charge >= 0.3 is 5.96 Å². The van der Waals surface area contributed by atoms with E-state index in [1.54, 1.807) is 14.2 Å². The molecule has 1 heterocycles. The largest absolute Gasteiger partial charge is 0.493 e. The smallest absolute Gasteiger partial charge is 0.303 e. The second-order valence-corrected chi connectivity index (χ2v) is 4.55. The topological polar surface area (TPSA) is 97.4 Å². The van der Waals surface area contributed by atoms with Gasteiger partial charge in [0.2, 0.25) is 0 Å². The first-order valence-electron chi connectivity index (χ1n) is 5.47. The van der Waals surface area contributed by atoms with Gasteiger partial charge in [0, 0.05) is 10.9 Å². The van der Waals surface area contributed by atoms with Crippen molar-refractivity contribution in [2.75, 3.05) is 14.2 Å². The summed E-state index contributed by atoms with van der Waals surface area (Å²) in [5, 5.41) is 2.55. The first-order valence-corrected chi connectivity index (χ1v) is 6.35. The first-order chi connectivity index (χ1) is 9.13. The molecule has 0 saturated heterocycles. The van der Waals surface area contributed by atoms with E-state index in [0.717, 1.165) is 11.3 Å². The van der Waals surface area contributed by atoms with E-state index in [0.29, 0.717) is 16.6 Å². The lowest BCUT2D eigenvalue weighted by Crippen LogP contribution is -2.72. The number of nitrogens with one attached hydrogen (secondary N) is 1. The molecule has 7 heteroatoms. The van der Waals surface area contributed by atoms with E-state index in [9.17, 15) is 0 Å². The Kier molecular flexibility index (Phi) is 3.86. The van der Waals surface area contributed by atoms with Crippen LogP contribution in [0.4, 0.5) is 5.13 Å². The van der Waals surface area contributed by atoms with Crippen LogP contribution in [0.15, 0.2) is 23.6 Å². The Bertz CT molecular complexity index is 606. The molecule has 0 bridgehead atoms. The lowest BCUT2D eigenvalue weighted by molar-refractivity contribution is -0.355. The van der Waals surface area contributed by atoms with Gasteiger partial charge in [0.25, 0.3) is 5.13 Å². The summed E-state index contributed by atoms with van der Waals surface area (Å²) < 4.78 is 10.5. The second-order valence-electron chi connectivity index (χ2n) is 3.69. The van der Waals surface area contributed by atoms with Gasteiger partial charge in [-0.05, 0) is 18.2 Å². The summed E-state index contributed by atoms with van der Waals surface area (Å²) in [5.41, 5.74) is 12.5. The quantitative estimate of drug-likeness (QED) is 0.532. The maximum absolute atomic E-state index is 5.37. The van der Waals surface area contributed by atoms with E-state index in [-0.39, 0.29) is 5.96 Å². The van der Waals surface area contributed by atoms with E-state index in [1.165, 1.54) is 11.3 Å². The maximum atomic E-state index is 5.37. The molecule has 0 aliphatic heterocycles. The molecule has 5 N–H and O–H groups in total. The van der Waals surface area contributed by atoms with Crippen molar-refractivity contribution in [1.29, 1.82) is 0 Å². The van der Waals surface area contributed by atoms with Gasteiger partial charge in [-0.1, -0.05) is 11.3 Å². The number of guanidine groups is 1. The summed E-state index contributed by atoms with van der Waals surface area (Å²) in [7, 11) is 3.20. The van der Waals surface area contributed by atoms with Gasteiger partial charge in [-0.15, -0.1) is 4.98 Å². The highest BCUT2D eigenvalue weighted by Gasteiger charge is 2.11. The average molecular weight is 279 g/mol. The Morgan fingerprint density at radius 2 is 1.95 bits per heavy atom. The van der Waals surface area contributed by atoms with Gasteiger partial charge in [-0.25, -0.2) is 4.99 Å². The van der Waals surface area contributed by atoms with Crippen molar-refractivity contribution in [3.63, 3.8) is 0 Å². The molecule has 0 spiro atoms. The van der Waals surface area contributed by atoms with Crippen LogP contribution in [-0.2, 0) is 0 Å². The number of hydrogen-bond acceptors (Lipinski definition) is 4. The van der Waals surface area contributed by atoms with Crippen molar-refractivity contribution >= 4 is 22.4 Å². The van der Waals surface area contributed by atoms with Crippen LogP contribution in [0, 0.1) is 0 Å². The lowest BCUT2D eigenvalue weighted by atomic mass is 10.1. The van der Waals surface area contributed by atoms with Gasteiger partial charge in [0.15, 0.2) is 11.5 Å². The minimum absolute atomic E-state index is 0.119. The van der Waals surface area contributed by atoms with Crippen molar-refractivity contribution < 1.29 is 14.5 Å². The molecule has 0 radical (unpaired) electrons. The van der Waals surface area contributed by atoms with Gasteiger partial charge in [0.1, 0.15) is 5.69 Å². The molecule has 1 aromatic carbocycles.